The van der Waals surface area contributed by atoms with E-state index in [0.29, 0.717) is 6.04 Å². The zero-order chi connectivity index (χ0) is 10.8. The molecule has 0 aliphatic carbocycles. The van der Waals surface area contributed by atoms with E-state index in [0.717, 1.165) is 28.4 Å². The van der Waals surface area contributed by atoms with Crippen molar-refractivity contribution in [2.75, 3.05) is 13.2 Å². The fourth-order valence-electron chi connectivity index (χ4n) is 1.76. The van der Waals surface area contributed by atoms with Gasteiger partial charge in [0.2, 0.25) is 0 Å². The molecule has 1 aliphatic heterocycles. The highest BCUT2D eigenvalue weighted by molar-refractivity contribution is 14.1. The molecule has 1 saturated heterocycles. The molecule has 82 valence electrons. The number of hydrogen-bond donors (Lipinski definition) is 1. The standard InChI is InChI=1S/C10H14IN3O/c1-6-10(15-4-3-12-6)8-5-9(11)14-7(2)13-8/h5-6,10,12H,3-4H2,1-2H3. The van der Waals surface area contributed by atoms with E-state index in [1.807, 2.05) is 13.0 Å². The number of ether oxygens (including phenoxy) is 1. The Kier molecular flexibility index (Phi) is 3.53. The summed E-state index contributed by atoms with van der Waals surface area (Å²) in [6, 6.07) is 2.30. The largest absolute Gasteiger partial charge is 0.369 e. The number of halogens is 1. The van der Waals surface area contributed by atoms with Gasteiger partial charge in [-0.15, -0.1) is 0 Å². The van der Waals surface area contributed by atoms with Crippen molar-refractivity contribution in [3.8, 4) is 0 Å². The number of nitrogens with one attached hydrogen (secondary N) is 1. The van der Waals surface area contributed by atoms with Gasteiger partial charge in [0.25, 0.3) is 0 Å². The van der Waals surface area contributed by atoms with Crippen LogP contribution in [-0.2, 0) is 4.74 Å². The van der Waals surface area contributed by atoms with Crippen molar-refractivity contribution in [1.29, 1.82) is 0 Å². The highest BCUT2D eigenvalue weighted by Gasteiger charge is 2.25. The second-order valence-electron chi connectivity index (χ2n) is 3.70. The normalized spacial score (nSPS) is 26.6. The minimum Gasteiger partial charge on any atom is -0.369 e. The summed E-state index contributed by atoms with van der Waals surface area (Å²) in [5.41, 5.74) is 0.978. The first kappa shape index (κ1) is 11.2. The molecule has 2 heterocycles. The Labute approximate surface area is 103 Å². The number of aromatic nitrogens is 2. The molecule has 15 heavy (non-hydrogen) atoms. The van der Waals surface area contributed by atoms with Crippen LogP contribution in [0.25, 0.3) is 0 Å². The third-order valence-corrected chi connectivity index (χ3v) is 2.99. The second kappa shape index (κ2) is 4.71. The van der Waals surface area contributed by atoms with Gasteiger partial charge in [-0.25, -0.2) is 9.97 Å². The van der Waals surface area contributed by atoms with E-state index in [9.17, 15) is 0 Å². The molecule has 0 aromatic carbocycles. The Bertz CT molecular complexity index is 338. The highest BCUT2D eigenvalue weighted by atomic mass is 127. The smallest absolute Gasteiger partial charge is 0.126 e. The van der Waals surface area contributed by atoms with Gasteiger partial charge in [-0.05, 0) is 42.5 Å². The topological polar surface area (TPSA) is 47.0 Å². The lowest BCUT2D eigenvalue weighted by atomic mass is 10.1. The summed E-state index contributed by atoms with van der Waals surface area (Å²) in [7, 11) is 0. The van der Waals surface area contributed by atoms with Gasteiger partial charge in [-0.2, -0.15) is 0 Å². The summed E-state index contributed by atoms with van der Waals surface area (Å²) in [6.45, 7) is 5.69. The molecule has 0 radical (unpaired) electrons. The average Bonchev–Trinajstić information content (AvgIpc) is 2.16. The molecule has 2 unspecified atom stereocenters. The fourth-order valence-corrected chi connectivity index (χ4v) is 2.43. The molecule has 5 heteroatoms. The maximum absolute atomic E-state index is 5.73. The van der Waals surface area contributed by atoms with Crippen LogP contribution in [0.15, 0.2) is 6.07 Å². The van der Waals surface area contributed by atoms with Crippen molar-refractivity contribution in [3.63, 3.8) is 0 Å². The molecule has 1 N–H and O–H groups in total. The molecular formula is C10H14IN3O. The minimum atomic E-state index is 0.0500. The second-order valence-corrected chi connectivity index (χ2v) is 4.80. The van der Waals surface area contributed by atoms with E-state index < -0.39 is 0 Å². The lowest BCUT2D eigenvalue weighted by Gasteiger charge is -2.29. The van der Waals surface area contributed by atoms with Crippen LogP contribution in [0.3, 0.4) is 0 Å². The van der Waals surface area contributed by atoms with Crippen molar-refractivity contribution in [2.24, 2.45) is 0 Å². The van der Waals surface area contributed by atoms with Crippen LogP contribution < -0.4 is 5.32 Å². The number of morpholine rings is 1. The summed E-state index contributed by atoms with van der Waals surface area (Å²) in [4.78, 5) is 8.68. The van der Waals surface area contributed by atoms with Crippen molar-refractivity contribution >= 4 is 22.6 Å². The Morgan fingerprint density at radius 1 is 1.53 bits per heavy atom. The van der Waals surface area contributed by atoms with Gasteiger partial charge in [-0.3, -0.25) is 0 Å². The third-order valence-electron chi connectivity index (χ3n) is 2.44. The minimum absolute atomic E-state index is 0.0500. The Morgan fingerprint density at radius 3 is 3.00 bits per heavy atom. The SMILES string of the molecule is Cc1nc(I)cc(C2OCCNC2C)n1. The molecule has 4 nitrogen and oxygen atoms in total. The van der Waals surface area contributed by atoms with Gasteiger partial charge in [0.05, 0.1) is 12.3 Å². The molecular weight excluding hydrogens is 305 g/mol. The molecule has 1 aliphatic rings. The predicted molar refractivity (Wildman–Crippen MR) is 65.6 cm³/mol. The first-order valence-electron chi connectivity index (χ1n) is 5.03. The Balaban J connectivity index is 2.27. The highest BCUT2D eigenvalue weighted by Crippen LogP contribution is 2.22. The summed E-state index contributed by atoms with van der Waals surface area (Å²) in [5, 5.41) is 3.38. The van der Waals surface area contributed by atoms with Gasteiger partial charge >= 0.3 is 0 Å². The van der Waals surface area contributed by atoms with Crippen LogP contribution in [-0.4, -0.2) is 29.2 Å². The van der Waals surface area contributed by atoms with Gasteiger partial charge < -0.3 is 10.1 Å². The van der Waals surface area contributed by atoms with Gasteiger partial charge in [-0.1, -0.05) is 0 Å². The van der Waals surface area contributed by atoms with Crippen molar-refractivity contribution in [1.82, 2.24) is 15.3 Å². The van der Waals surface area contributed by atoms with Gasteiger partial charge in [0.1, 0.15) is 15.6 Å². The number of aryl methyl sites for hydroxylation is 1. The zero-order valence-electron chi connectivity index (χ0n) is 8.83. The molecule has 0 bridgehead atoms. The third kappa shape index (κ3) is 2.64. The first-order chi connectivity index (χ1) is 7.16. The maximum atomic E-state index is 5.73. The van der Waals surface area contributed by atoms with Crippen LogP contribution in [0.1, 0.15) is 24.5 Å². The molecule has 1 fully saturated rings. The van der Waals surface area contributed by atoms with Crippen LogP contribution in [0.5, 0.6) is 0 Å². The van der Waals surface area contributed by atoms with E-state index in [4.69, 9.17) is 4.74 Å². The molecule has 1 aromatic heterocycles. The maximum Gasteiger partial charge on any atom is 0.126 e. The molecule has 0 saturated carbocycles. The summed E-state index contributed by atoms with van der Waals surface area (Å²) < 4.78 is 6.70. The first-order valence-corrected chi connectivity index (χ1v) is 6.11. The van der Waals surface area contributed by atoms with E-state index in [-0.39, 0.29) is 6.10 Å². The molecule has 0 spiro atoms. The molecule has 2 rings (SSSR count). The number of rotatable bonds is 1. The molecule has 0 amide bonds. The van der Waals surface area contributed by atoms with Crippen LogP contribution in [0, 0.1) is 10.6 Å². The lowest BCUT2D eigenvalue weighted by Crippen LogP contribution is -2.41. The van der Waals surface area contributed by atoms with Crippen molar-refractivity contribution in [3.05, 3.63) is 21.3 Å². The van der Waals surface area contributed by atoms with E-state index >= 15 is 0 Å². The monoisotopic (exact) mass is 319 g/mol. The van der Waals surface area contributed by atoms with Crippen LogP contribution in [0.4, 0.5) is 0 Å². The molecule has 2 atom stereocenters. The van der Waals surface area contributed by atoms with E-state index in [1.54, 1.807) is 0 Å². The summed E-state index contributed by atoms with van der Waals surface area (Å²) in [6.07, 6.45) is 0.0500. The predicted octanol–water partition coefficient (Wildman–Crippen LogP) is 1.44. The van der Waals surface area contributed by atoms with Gasteiger partial charge in [0.15, 0.2) is 0 Å². The molecule has 1 aromatic rings. The zero-order valence-corrected chi connectivity index (χ0v) is 11.0. The van der Waals surface area contributed by atoms with E-state index in [1.165, 1.54) is 0 Å². The summed E-state index contributed by atoms with van der Waals surface area (Å²) in [5.74, 6) is 0.804. The van der Waals surface area contributed by atoms with E-state index in [2.05, 4.69) is 44.8 Å². The van der Waals surface area contributed by atoms with Crippen molar-refractivity contribution in [2.45, 2.75) is 26.0 Å². The van der Waals surface area contributed by atoms with Gasteiger partial charge in [0, 0.05) is 12.6 Å². The fraction of sp³-hybridized carbons (Fsp3) is 0.600. The Hall–Kier alpha value is -0.270. The Morgan fingerprint density at radius 2 is 2.33 bits per heavy atom. The number of nitrogens with zero attached hydrogens (tertiary/aromatic N) is 2. The van der Waals surface area contributed by atoms with Crippen LogP contribution in [0.2, 0.25) is 0 Å². The lowest BCUT2D eigenvalue weighted by molar-refractivity contribution is -0.00303. The van der Waals surface area contributed by atoms with Crippen LogP contribution >= 0.6 is 22.6 Å². The van der Waals surface area contributed by atoms with Crippen molar-refractivity contribution < 1.29 is 4.74 Å². The average molecular weight is 319 g/mol. The summed E-state index contributed by atoms with van der Waals surface area (Å²) >= 11 is 2.21. The number of hydrogen-bond acceptors (Lipinski definition) is 4. The quantitative estimate of drug-likeness (QED) is 0.629.